The predicted octanol–water partition coefficient (Wildman–Crippen LogP) is 6.10. The average Bonchev–Trinajstić information content (AvgIpc) is 3.16. The molecule has 3 rings (SSSR count). The minimum Gasteiger partial charge on any atom is -0.496 e. The number of thiophene rings is 1. The third-order valence-electron chi connectivity index (χ3n) is 4.24. The zero-order valence-electron chi connectivity index (χ0n) is 16.3. The molecule has 154 valence electrons. The zero-order valence-corrected chi connectivity index (χ0v) is 17.8. The van der Waals surface area contributed by atoms with Gasteiger partial charge in [-0.05, 0) is 54.5 Å². The summed E-state index contributed by atoms with van der Waals surface area (Å²) in [5.74, 6) is 0.627. The van der Waals surface area contributed by atoms with Crippen LogP contribution in [0.2, 0.25) is 4.34 Å². The first kappa shape index (κ1) is 21.5. The number of halogens is 1. The fraction of sp³-hybridized carbons (Fsp3) is 0.136. The Bertz CT molecular complexity index is 1120. The van der Waals surface area contributed by atoms with Crippen molar-refractivity contribution >= 4 is 40.5 Å². The van der Waals surface area contributed by atoms with Crippen LogP contribution in [0.25, 0.3) is 6.08 Å². The zero-order chi connectivity index (χ0) is 21.7. The van der Waals surface area contributed by atoms with Gasteiger partial charge in [0.2, 0.25) is 0 Å². The Morgan fingerprint density at radius 2 is 1.97 bits per heavy atom. The van der Waals surface area contributed by atoms with E-state index in [1.165, 1.54) is 30.6 Å². The molecule has 0 fully saturated rings. The predicted molar refractivity (Wildman–Crippen MR) is 118 cm³/mol. The van der Waals surface area contributed by atoms with Crippen LogP contribution in [0, 0.1) is 17.0 Å². The van der Waals surface area contributed by atoms with Crippen LogP contribution >= 0.6 is 22.9 Å². The van der Waals surface area contributed by atoms with E-state index in [0.717, 1.165) is 11.1 Å². The Kier molecular flexibility index (Phi) is 6.87. The molecule has 0 saturated heterocycles. The highest BCUT2D eigenvalue weighted by Crippen LogP contribution is 2.30. The molecule has 0 unspecified atom stereocenters. The van der Waals surface area contributed by atoms with Gasteiger partial charge in [-0.15, -0.1) is 11.3 Å². The summed E-state index contributed by atoms with van der Waals surface area (Å²) in [5, 5.41) is 11.2. The molecular weight excluding hydrogens is 426 g/mol. The van der Waals surface area contributed by atoms with Crippen molar-refractivity contribution in [3.8, 4) is 11.5 Å². The maximum absolute atomic E-state index is 12.2. The normalized spacial score (nSPS) is 10.9. The molecule has 0 spiro atoms. The van der Waals surface area contributed by atoms with Gasteiger partial charge in [0.05, 0.1) is 21.2 Å². The van der Waals surface area contributed by atoms with E-state index in [9.17, 15) is 14.9 Å². The number of ketones is 1. The minimum atomic E-state index is -0.479. The first-order chi connectivity index (χ1) is 14.4. The molecule has 0 radical (unpaired) electrons. The standard InChI is InChI=1S/C22H18ClNO5S/c1-14-3-6-17(24(26)27)20(11-14)29-13-16-12-15(5-8-19(16)28-2)4-7-18(25)21-9-10-22(23)30-21/h3-12H,13H2,1-2H3/b7-4+. The molecule has 2 aromatic carbocycles. The second-order valence-electron chi connectivity index (χ2n) is 6.39. The lowest BCUT2D eigenvalue weighted by Gasteiger charge is -2.12. The van der Waals surface area contributed by atoms with E-state index in [1.807, 2.05) is 19.1 Å². The first-order valence-electron chi connectivity index (χ1n) is 8.90. The van der Waals surface area contributed by atoms with Gasteiger partial charge in [0.25, 0.3) is 0 Å². The summed E-state index contributed by atoms with van der Waals surface area (Å²) in [4.78, 5) is 23.6. The van der Waals surface area contributed by atoms with Crippen LogP contribution in [0.5, 0.6) is 11.5 Å². The minimum absolute atomic E-state index is 0.0730. The summed E-state index contributed by atoms with van der Waals surface area (Å²) in [6.45, 7) is 1.91. The number of nitro groups is 1. The quantitative estimate of drug-likeness (QED) is 0.182. The van der Waals surface area contributed by atoms with E-state index in [2.05, 4.69) is 0 Å². The van der Waals surface area contributed by atoms with Crippen LogP contribution in [-0.4, -0.2) is 17.8 Å². The van der Waals surface area contributed by atoms with Crippen LogP contribution < -0.4 is 9.47 Å². The van der Waals surface area contributed by atoms with Gasteiger partial charge in [-0.1, -0.05) is 29.8 Å². The number of carbonyl (C=O) groups excluding carboxylic acids is 1. The van der Waals surface area contributed by atoms with E-state index in [0.29, 0.717) is 20.5 Å². The monoisotopic (exact) mass is 443 g/mol. The number of rotatable bonds is 8. The Morgan fingerprint density at radius 3 is 2.63 bits per heavy atom. The van der Waals surface area contributed by atoms with E-state index >= 15 is 0 Å². The van der Waals surface area contributed by atoms with Gasteiger partial charge >= 0.3 is 5.69 Å². The summed E-state index contributed by atoms with van der Waals surface area (Å²) < 4.78 is 11.7. The maximum Gasteiger partial charge on any atom is 0.310 e. The molecule has 0 aliphatic heterocycles. The molecule has 0 saturated carbocycles. The van der Waals surface area contributed by atoms with E-state index in [1.54, 1.807) is 36.4 Å². The van der Waals surface area contributed by atoms with Gasteiger partial charge in [0, 0.05) is 11.6 Å². The molecule has 0 bridgehead atoms. The first-order valence-corrected chi connectivity index (χ1v) is 10.1. The fourth-order valence-corrected chi connectivity index (χ4v) is 3.72. The highest BCUT2D eigenvalue weighted by Gasteiger charge is 2.16. The topological polar surface area (TPSA) is 78.7 Å². The lowest BCUT2D eigenvalue weighted by atomic mass is 10.1. The van der Waals surface area contributed by atoms with Crippen LogP contribution in [0.3, 0.4) is 0 Å². The molecule has 0 aliphatic rings. The number of allylic oxidation sites excluding steroid dienone is 1. The summed E-state index contributed by atoms with van der Waals surface area (Å²) in [5.41, 5.74) is 2.22. The number of carbonyl (C=O) groups is 1. The van der Waals surface area contributed by atoms with Crippen molar-refractivity contribution in [2.75, 3.05) is 7.11 Å². The van der Waals surface area contributed by atoms with Gasteiger partial charge in [-0.25, -0.2) is 0 Å². The number of ether oxygens (including phenoxy) is 2. The van der Waals surface area contributed by atoms with Crippen molar-refractivity contribution in [3.63, 3.8) is 0 Å². The van der Waals surface area contributed by atoms with E-state index < -0.39 is 4.92 Å². The average molecular weight is 444 g/mol. The number of aryl methyl sites for hydroxylation is 1. The van der Waals surface area contributed by atoms with Crippen molar-refractivity contribution in [2.45, 2.75) is 13.5 Å². The fourth-order valence-electron chi connectivity index (χ4n) is 2.76. The van der Waals surface area contributed by atoms with E-state index in [4.69, 9.17) is 21.1 Å². The summed E-state index contributed by atoms with van der Waals surface area (Å²) in [6.07, 6.45) is 3.16. The second-order valence-corrected chi connectivity index (χ2v) is 8.10. The molecule has 30 heavy (non-hydrogen) atoms. The molecule has 0 N–H and O–H groups in total. The number of methoxy groups -OCH3 is 1. The van der Waals surface area contributed by atoms with Crippen molar-refractivity contribution in [1.82, 2.24) is 0 Å². The van der Waals surface area contributed by atoms with Gasteiger partial charge in [-0.2, -0.15) is 0 Å². The molecule has 3 aromatic rings. The lowest BCUT2D eigenvalue weighted by molar-refractivity contribution is -0.386. The number of hydrogen-bond acceptors (Lipinski definition) is 6. The van der Waals surface area contributed by atoms with Crippen molar-refractivity contribution < 1.29 is 19.2 Å². The van der Waals surface area contributed by atoms with Crippen molar-refractivity contribution in [3.05, 3.63) is 90.6 Å². The van der Waals surface area contributed by atoms with Crippen molar-refractivity contribution in [2.24, 2.45) is 0 Å². The highest BCUT2D eigenvalue weighted by molar-refractivity contribution is 7.18. The van der Waals surface area contributed by atoms with Gasteiger partial charge in [0.1, 0.15) is 12.4 Å². The summed E-state index contributed by atoms with van der Waals surface area (Å²) in [7, 11) is 1.54. The Labute approximate surface area is 182 Å². The van der Waals surface area contributed by atoms with Crippen molar-refractivity contribution in [1.29, 1.82) is 0 Å². The van der Waals surface area contributed by atoms with Gasteiger partial charge < -0.3 is 9.47 Å². The lowest BCUT2D eigenvalue weighted by Crippen LogP contribution is -2.02. The van der Waals surface area contributed by atoms with Gasteiger partial charge in [0.15, 0.2) is 11.5 Å². The molecule has 1 aromatic heterocycles. The van der Waals surface area contributed by atoms with E-state index in [-0.39, 0.29) is 23.8 Å². The summed E-state index contributed by atoms with van der Waals surface area (Å²) >= 11 is 7.09. The number of hydrogen-bond donors (Lipinski definition) is 0. The van der Waals surface area contributed by atoms with Crippen LogP contribution in [0.4, 0.5) is 5.69 Å². The third-order valence-corrected chi connectivity index (χ3v) is 5.49. The summed E-state index contributed by atoms with van der Waals surface area (Å²) in [6, 6.07) is 13.4. The molecule has 0 amide bonds. The SMILES string of the molecule is COc1ccc(/C=C/C(=O)c2ccc(Cl)s2)cc1COc1cc(C)ccc1[N+](=O)[O-]. The highest BCUT2D eigenvalue weighted by atomic mass is 35.5. The molecule has 6 nitrogen and oxygen atoms in total. The largest absolute Gasteiger partial charge is 0.496 e. The Hall–Kier alpha value is -3.16. The molecule has 0 aliphatic carbocycles. The Balaban J connectivity index is 1.80. The second kappa shape index (κ2) is 9.56. The third kappa shape index (κ3) is 5.25. The van der Waals surface area contributed by atoms with Gasteiger partial charge in [-0.3, -0.25) is 14.9 Å². The maximum atomic E-state index is 12.2. The molecule has 1 heterocycles. The number of nitro benzene ring substituents is 1. The Morgan fingerprint density at radius 1 is 1.17 bits per heavy atom. The smallest absolute Gasteiger partial charge is 0.310 e. The van der Waals surface area contributed by atoms with Crippen LogP contribution in [-0.2, 0) is 6.61 Å². The number of nitrogens with zero attached hydrogens (tertiary/aromatic N) is 1. The molecule has 0 atom stereocenters. The van der Waals surface area contributed by atoms with Crippen LogP contribution in [0.1, 0.15) is 26.4 Å². The molecular formula is C22H18ClNO5S. The number of benzene rings is 2. The molecule has 8 heteroatoms. The van der Waals surface area contributed by atoms with Crippen LogP contribution in [0.15, 0.2) is 54.6 Å².